The van der Waals surface area contributed by atoms with Crippen LogP contribution < -0.4 is 10.7 Å². The Bertz CT molecular complexity index is 996. The van der Waals surface area contributed by atoms with Crippen molar-refractivity contribution < 1.29 is 9.59 Å². The number of aryl methyl sites for hydroxylation is 2. The number of carbonyl (C=O) groups is 2. The Kier molecular flexibility index (Phi) is 6.90. The minimum atomic E-state index is -0.294. The molecule has 0 atom stereocenters. The van der Waals surface area contributed by atoms with Gasteiger partial charge in [-0.3, -0.25) is 9.59 Å². The predicted molar refractivity (Wildman–Crippen MR) is 116 cm³/mol. The van der Waals surface area contributed by atoms with E-state index in [-0.39, 0.29) is 11.8 Å². The molecule has 0 aromatic heterocycles. The molecule has 3 aromatic rings. The van der Waals surface area contributed by atoms with Gasteiger partial charge >= 0.3 is 0 Å². The molecule has 0 aliphatic carbocycles. The van der Waals surface area contributed by atoms with E-state index >= 15 is 0 Å². The molecule has 2 amide bonds. The molecular formula is C24H23N3O2. The molecule has 146 valence electrons. The third-order valence-corrected chi connectivity index (χ3v) is 4.35. The van der Waals surface area contributed by atoms with Crippen LogP contribution in [0, 0.1) is 6.92 Å². The van der Waals surface area contributed by atoms with Gasteiger partial charge < -0.3 is 5.32 Å². The molecule has 0 saturated heterocycles. The number of carbonyl (C=O) groups excluding carboxylic acids is 2. The van der Waals surface area contributed by atoms with Gasteiger partial charge in [-0.15, -0.1) is 0 Å². The molecule has 3 rings (SSSR count). The average Bonchev–Trinajstić information content (AvgIpc) is 2.74. The number of rotatable bonds is 7. The molecule has 0 saturated carbocycles. The van der Waals surface area contributed by atoms with Crippen LogP contribution >= 0.6 is 0 Å². The summed E-state index contributed by atoms with van der Waals surface area (Å²) in [4.78, 5) is 24.4. The van der Waals surface area contributed by atoms with Crippen LogP contribution in [0.25, 0.3) is 0 Å². The molecular weight excluding hydrogens is 362 g/mol. The molecule has 0 bridgehead atoms. The lowest BCUT2D eigenvalue weighted by molar-refractivity contribution is 0.0954. The smallest absolute Gasteiger partial charge is 0.271 e. The van der Waals surface area contributed by atoms with E-state index < -0.39 is 0 Å². The van der Waals surface area contributed by atoms with E-state index in [1.165, 1.54) is 5.56 Å². The average molecular weight is 385 g/mol. The first-order chi connectivity index (χ1) is 14.1. The van der Waals surface area contributed by atoms with Crippen molar-refractivity contribution in [3.05, 3.63) is 101 Å². The fourth-order valence-corrected chi connectivity index (χ4v) is 2.80. The van der Waals surface area contributed by atoms with E-state index in [1.54, 1.807) is 36.5 Å². The number of benzene rings is 3. The van der Waals surface area contributed by atoms with Crippen LogP contribution in [0.1, 0.15) is 38.3 Å². The van der Waals surface area contributed by atoms with Crippen molar-refractivity contribution in [1.29, 1.82) is 0 Å². The van der Waals surface area contributed by atoms with Crippen molar-refractivity contribution in [1.82, 2.24) is 5.43 Å². The first-order valence-electron chi connectivity index (χ1n) is 9.46. The van der Waals surface area contributed by atoms with E-state index in [0.29, 0.717) is 16.8 Å². The quantitative estimate of drug-likeness (QED) is 0.461. The second kappa shape index (κ2) is 9.99. The molecule has 2 N–H and O–H groups in total. The maximum absolute atomic E-state index is 12.3. The highest BCUT2D eigenvalue weighted by Gasteiger charge is 2.08. The standard InChI is InChI=1S/C24H23N3O2/c1-18-7-5-11-21(17-18)23(28)26-22-14-12-20(13-15-22)24(29)27-25-16-6-10-19-8-3-2-4-9-19/h2-5,7-9,11-17H,6,10H2,1H3,(H,26,28)(H,27,29). The Hall–Kier alpha value is -3.73. The zero-order valence-corrected chi connectivity index (χ0v) is 16.3. The summed E-state index contributed by atoms with van der Waals surface area (Å²) in [6.45, 7) is 1.94. The second-order valence-corrected chi connectivity index (χ2v) is 6.68. The van der Waals surface area contributed by atoms with Crippen molar-refractivity contribution in [2.75, 3.05) is 5.32 Å². The summed E-state index contributed by atoms with van der Waals surface area (Å²) in [6, 6.07) is 24.2. The van der Waals surface area contributed by atoms with Crippen LogP contribution in [0.4, 0.5) is 5.69 Å². The minimum Gasteiger partial charge on any atom is -0.322 e. The van der Waals surface area contributed by atoms with E-state index in [0.717, 1.165) is 18.4 Å². The Morgan fingerprint density at radius 1 is 0.862 bits per heavy atom. The molecule has 3 aromatic carbocycles. The Labute approximate surface area is 170 Å². The van der Waals surface area contributed by atoms with Crippen LogP contribution in [0.5, 0.6) is 0 Å². The van der Waals surface area contributed by atoms with Gasteiger partial charge in [0.1, 0.15) is 0 Å². The largest absolute Gasteiger partial charge is 0.322 e. The molecule has 0 fully saturated rings. The first kappa shape index (κ1) is 20.0. The third-order valence-electron chi connectivity index (χ3n) is 4.35. The van der Waals surface area contributed by atoms with Crippen molar-refractivity contribution >= 4 is 23.7 Å². The number of hydrazone groups is 1. The minimum absolute atomic E-state index is 0.186. The van der Waals surface area contributed by atoms with Crippen molar-refractivity contribution in [2.45, 2.75) is 19.8 Å². The van der Waals surface area contributed by atoms with Gasteiger partial charge in [0.05, 0.1) is 0 Å². The van der Waals surface area contributed by atoms with E-state index in [1.807, 2.05) is 43.3 Å². The number of nitrogens with zero attached hydrogens (tertiary/aromatic N) is 1. The van der Waals surface area contributed by atoms with Gasteiger partial charge in [-0.25, -0.2) is 5.43 Å². The molecule has 0 radical (unpaired) electrons. The van der Waals surface area contributed by atoms with Crippen molar-refractivity contribution in [3.63, 3.8) is 0 Å². The lowest BCUT2D eigenvalue weighted by Gasteiger charge is -2.07. The SMILES string of the molecule is Cc1cccc(C(=O)Nc2ccc(C(=O)NN=CCCc3ccccc3)cc2)c1. The van der Waals surface area contributed by atoms with Crippen LogP contribution in [0.2, 0.25) is 0 Å². The van der Waals surface area contributed by atoms with Crippen LogP contribution in [0.3, 0.4) is 0 Å². The number of nitrogens with one attached hydrogen (secondary N) is 2. The Morgan fingerprint density at radius 2 is 1.62 bits per heavy atom. The molecule has 29 heavy (non-hydrogen) atoms. The zero-order valence-electron chi connectivity index (χ0n) is 16.3. The zero-order chi connectivity index (χ0) is 20.5. The predicted octanol–water partition coefficient (Wildman–Crippen LogP) is 4.60. The maximum atomic E-state index is 12.3. The Morgan fingerprint density at radius 3 is 2.34 bits per heavy atom. The normalized spacial score (nSPS) is 10.7. The lowest BCUT2D eigenvalue weighted by Crippen LogP contribution is -2.17. The lowest BCUT2D eigenvalue weighted by atomic mass is 10.1. The summed E-state index contributed by atoms with van der Waals surface area (Å²) in [5.41, 5.74) is 6.46. The maximum Gasteiger partial charge on any atom is 0.271 e. The van der Waals surface area contributed by atoms with E-state index in [2.05, 4.69) is 28.0 Å². The fraction of sp³-hybridized carbons (Fsp3) is 0.125. The second-order valence-electron chi connectivity index (χ2n) is 6.68. The molecule has 0 heterocycles. The van der Waals surface area contributed by atoms with Crippen molar-refractivity contribution in [3.8, 4) is 0 Å². The highest BCUT2D eigenvalue weighted by molar-refractivity contribution is 6.04. The topological polar surface area (TPSA) is 70.6 Å². The number of hydrogen-bond donors (Lipinski definition) is 2. The van der Waals surface area contributed by atoms with Gasteiger partial charge in [0.15, 0.2) is 0 Å². The van der Waals surface area contributed by atoms with Gasteiger partial charge in [-0.1, -0.05) is 48.0 Å². The van der Waals surface area contributed by atoms with Crippen LogP contribution in [-0.2, 0) is 6.42 Å². The molecule has 0 unspecified atom stereocenters. The van der Waals surface area contributed by atoms with E-state index in [4.69, 9.17) is 0 Å². The number of amides is 2. The molecule has 0 aliphatic heterocycles. The molecule has 0 spiro atoms. The summed E-state index contributed by atoms with van der Waals surface area (Å²) in [7, 11) is 0. The number of hydrogen-bond acceptors (Lipinski definition) is 3. The van der Waals surface area contributed by atoms with Gasteiger partial charge in [0, 0.05) is 23.0 Å². The van der Waals surface area contributed by atoms with Crippen LogP contribution in [0.15, 0.2) is 84.0 Å². The summed E-state index contributed by atoms with van der Waals surface area (Å²) in [6.07, 6.45) is 3.31. The van der Waals surface area contributed by atoms with Gasteiger partial charge in [0.25, 0.3) is 11.8 Å². The van der Waals surface area contributed by atoms with Gasteiger partial charge in [-0.05, 0) is 61.7 Å². The summed E-state index contributed by atoms with van der Waals surface area (Å²) in [5, 5.41) is 6.81. The summed E-state index contributed by atoms with van der Waals surface area (Å²) in [5.74, 6) is -0.480. The Balaban J connectivity index is 1.48. The highest BCUT2D eigenvalue weighted by Crippen LogP contribution is 2.12. The van der Waals surface area contributed by atoms with E-state index in [9.17, 15) is 9.59 Å². The number of anilines is 1. The van der Waals surface area contributed by atoms with Gasteiger partial charge in [0.2, 0.25) is 0 Å². The molecule has 5 heteroatoms. The monoisotopic (exact) mass is 385 g/mol. The molecule has 0 aliphatic rings. The first-order valence-corrected chi connectivity index (χ1v) is 9.46. The third kappa shape index (κ3) is 6.14. The molecule has 5 nitrogen and oxygen atoms in total. The fourth-order valence-electron chi connectivity index (χ4n) is 2.80. The summed E-state index contributed by atoms with van der Waals surface area (Å²) >= 11 is 0. The van der Waals surface area contributed by atoms with Crippen LogP contribution in [-0.4, -0.2) is 18.0 Å². The highest BCUT2D eigenvalue weighted by atomic mass is 16.2. The van der Waals surface area contributed by atoms with Gasteiger partial charge in [-0.2, -0.15) is 5.10 Å². The summed E-state index contributed by atoms with van der Waals surface area (Å²) < 4.78 is 0. The van der Waals surface area contributed by atoms with Crippen molar-refractivity contribution in [2.24, 2.45) is 5.10 Å².